The van der Waals surface area contributed by atoms with Crippen molar-refractivity contribution in [1.29, 1.82) is 0 Å². The van der Waals surface area contributed by atoms with Gasteiger partial charge in [-0.25, -0.2) is 17.9 Å². The van der Waals surface area contributed by atoms with Crippen molar-refractivity contribution in [2.45, 2.75) is 33.8 Å². The van der Waals surface area contributed by atoms with E-state index in [9.17, 15) is 18.2 Å². The topological polar surface area (TPSA) is 122 Å². The number of benzene rings is 1. The molecule has 1 heterocycles. The molecule has 1 aliphatic rings. The number of carboxylic acid groups (broad SMARTS) is 1. The number of carbonyl (C=O) groups is 1. The highest BCUT2D eigenvalue weighted by molar-refractivity contribution is 7.88. The summed E-state index contributed by atoms with van der Waals surface area (Å²) in [5.41, 5.74) is 1.06. The van der Waals surface area contributed by atoms with E-state index in [4.69, 9.17) is 14.5 Å². The van der Waals surface area contributed by atoms with E-state index in [2.05, 4.69) is 4.72 Å². The number of fused-ring (bicyclic) bond motifs is 1. The molecular formula is C15H26BNO7S. The quantitative estimate of drug-likeness (QED) is 0.619. The van der Waals surface area contributed by atoms with E-state index in [1.165, 1.54) is 12.1 Å². The average molecular weight is 375 g/mol. The fraction of sp³-hybridized carbons (Fsp3) is 0.533. The third kappa shape index (κ3) is 7.87. The van der Waals surface area contributed by atoms with E-state index >= 15 is 0 Å². The van der Waals surface area contributed by atoms with Gasteiger partial charge in [-0.3, -0.25) is 0 Å². The number of hydrogen-bond acceptors (Lipinski definition) is 6. The highest BCUT2D eigenvalue weighted by Crippen LogP contribution is 2.25. The second kappa shape index (κ2) is 11.1. The van der Waals surface area contributed by atoms with Gasteiger partial charge in [0.2, 0.25) is 10.0 Å². The van der Waals surface area contributed by atoms with E-state index in [-0.39, 0.29) is 12.3 Å². The molecule has 1 aliphatic heterocycles. The number of sulfonamides is 1. The minimum absolute atomic E-state index is 0.00176. The number of ether oxygens (including phenoxy) is 1. The molecule has 8 nitrogen and oxygen atoms in total. The van der Waals surface area contributed by atoms with E-state index in [0.717, 1.165) is 6.26 Å². The Morgan fingerprint density at radius 2 is 1.92 bits per heavy atom. The summed E-state index contributed by atoms with van der Waals surface area (Å²) in [5.74, 6) is -0.821. The van der Waals surface area contributed by atoms with Gasteiger partial charge in [-0.15, -0.1) is 0 Å². The Balaban J connectivity index is 0.00000134. The standard InChI is InChI=1S/C11H14BNO7S.2C2H6/c1-21(17,18)13-5-10-8-3-2-7(19-6-11(14)15)4-9(8)12(16)20-10;2*1-2/h2-4,10,13,16H,5-6H2,1H3,(H,14,15);2*1-2H3. The molecule has 1 unspecified atom stereocenters. The maximum Gasteiger partial charge on any atom is 0.492 e. The Labute approximate surface area is 149 Å². The fourth-order valence-electron chi connectivity index (χ4n) is 1.98. The molecule has 0 bridgehead atoms. The summed E-state index contributed by atoms with van der Waals surface area (Å²) in [6, 6.07) is 4.62. The Bertz CT molecular complexity index is 651. The zero-order chi connectivity index (χ0) is 19.6. The van der Waals surface area contributed by atoms with Crippen LogP contribution in [-0.4, -0.2) is 51.0 Å². The van der Waals surface area contributed by atoms with Crippen molar-refractivity contribution in [3.8, 4) is 5.75 Å². The molecule has 0 amide bonds. The smallest absolute Gasteiger partial charge is 0.482 e. The van der Waals surface area contributed by atoms with Crippen LogP contribution in [0.1, 0.15) is 39.4 Å². The summed E-state index contributed by atoms with van der Waals surface area (Å²) in [5, 5.41) is 18.4. The van der Waals surface area contributed by atoms with Crippen molar-refractivity contribution in [2.24, 2.45) is 0 Å². The second-order valence-corrected chi connectivity index (χ2v) is 6.40. The second-order valence-electron chi connectivity index (χ2n) is 4.57. The first-order chi connectivity index (χ1) is 11.8. The summed E-state index contributed by atoms with van der Waals surface area (Å²) in [7, 11) is -4.57. The maximum absolute atomic E-state index is 11.1. The Morgan fingerprint density at radius 1 is 1.32 bits per heavy atom. The lowest BCUT2D eigenvalue weighted by Crippen LogP contribution is -2.29. The lowest BCUT2D eigenvalue weighted by Gasteiger charge is -2.12. The van der Waals surface area contributed by atoms with Crippen molar-refractivity contribution in [2.75, 3.05) is 19.4 Å². The number of carboxylic acids is 1. The van der Waals surface area contributed by atoms with E-state index in [1.54, 1.807) is 6.07 Å². The number of rotatable bonds is 6. The van der Waals surface area contributed by atoms with Crippen LogP contribution in [0.3, 0.4) is 0 Å². The lowest BCUT2D eigenvalue weighted by atomic mass is 9.79. The van der Waals surface area contributed by atoms with Gasteiger partial charge in [0.25, 0.3) is 0 Å². The van der Waals surface area contributed by atoms with Gasteiger partial charge in [-0.05, 0) is 23.2 Å². The summed E-state index contributed by atoms with van der Waals surface area (Å²) >= 11 is 0. The lowest BCUT2D eigenvalue weighted by molar-refractivity contribution is -0.139. The molecule has 0 fully saturated rings. The monoisotopic (exact) mass is 375 g/mol. The van der Waals surface area contributed by atoms with Gasteiger partial charge in [-0.1, -0.05) is 33.8 Å². The predicted octanol–water partition coefficient (Wildman–Crippen LogP) is 0.510. The van der Waals surface area contributed by atoms with Crippen molar-refractivity contribution in [3.05, 3.63) is 23.8 Å². The molecule has 0 saturated carbocycles. The van der Waals surface area contributed by atoms with Gasteiger partial charge in [-0.2, -0.15) is 0 Å². The van der Waals surface area contributed by atoms with Gasteiger partial charge < -0.3 is 19.5 Å². The molecule has 0 radical (unpaired) electrons. The number of aliphatic carboxylic acids is 1. The van der Waals surface area contributed by atoms with Crippen molar-refractivity contribution >= 4 is 28.6 Å². The molecule has 0 aliphatic carbocycles. The Morgan fingerprint density at radius 3 is 2.44 bits per heavy atom. The molecule has 0 aromatic heterocycles. The van der Waals surface area contributed by atoms with Crippen molar-refractivity contribution in [1.82, 2.24) is 4.72 Å². The van der Waals surface area contributed by atoms with Crippen molar-refractivity contribution in [3.63, 3.8) is 0 Å². The van der Waals surface area contributed by atoms with Gasteiger partial charge in [0.1, 0.15) is 5.75 Å². The first-order valence-corrected chi connectivity index (χ1v) is 9.92. The largest absolute Gasteiger partial charge is 0.492 e. The molecule has 1 atom stereocenters. The van der Waals surface area contributed by atoms with E-state index in [0.29, 0.717) is 11.0 Å². The number of nitrogens with one attached hydrogen (secondary N) is 1. The van der Waals surface area contributed by atoms with Gasteiger partial charge in [0, 0.05) is 6.54 Å². The Kier molecular flexibility index (Phi) is 10.4. The molecule has 1 aromatic carbocycles. The van der Waals surface area contributed by atoms with E-state index in [1.807, 2.05) is 27.7 Å². The van der Waals surface area contributed by atoms with Gasteiger partial charge in [0.05, 0.1) is 12.4 Å². The fourth-order valence-corrected chi connectivity index (χ4v) is 2.44. The molecule has 0 saturated heterocycles. The third-order valence-electron chi connectivity index (χ3n) is 2.86. The predicted molar refractivity (Wildman–Crippen MR) is 96.5 cm³/mol. The summed E-state index contributed by atoms with van der Waals surface area (Å²) in [6.07, 6.45) is 0.417. The van der Waals surface area contributed by atoms with Gasteiger partial charge in [0.15, 0.2) is 6.61 Å². The molecule has 142 valence electrons. The van der Waals surface area contributed by atoms with Crippen LogP contribution in [0, 0.1) is 0 Å². The Hall–Kier alpha value is -1.62. The van der Waals surface area contributed by atoms with Crippen molar-refractivity contribution < 1.29 is 32.7 Å². The van der Waals surface area contributed by atoms with Crippen LogP contribution in [0.2, 0.25) is 0 Å². The number of hydrogen-bond donors (Lipinski definition) is 3. The molecular weight excluding hydrogens is 349 g/mol. The molecule has 2 rings (SSSR count). The molecule has 0 spiro atoms. The van der Waals surface area contributed by atoms with Crippen LogP contribution in [0.15, 0.2) is 18.2 Å². The van der Waals surface area contributed by atoms with E-state index < -0.39 is 35.8 Å². The highest BCUT2D eigenvalue weighted by atomic mass is 32.2. The zero-order valence-corrected chi connectivity index (χ0v) is 16.0. The van der Waals surface area contributed by atoms with Crippen LogP contribution < -0.4 is 14.9 Å². The summed E-state index contributed by atoms with van der Waals surface area (Å²) < 4.78 is 34.7. The van der Waals surface area contributed by atoms with Crippen LogP contribution in [0.25, 0.3) is 0 Å². The summed E-state index contributed by atoms with van der Waals surface area (Å²) in [6.45, 7) is 7.51. The van der Waals surface area contributed by atoms with Gasteiger partial charge >= 0.3 is 13.1 Å². The molecule has 10 heteroatoms. The first kappa shape index (κ1) is 23.4. The SMILES string of the molecule is CC.CC.CS(=O)(=O)NCC1OB(O)c2cc(OCC(=O)O)ccc21. The molecule has 25 heavy (non-hydrogen) atoms. The minimum atomic E-state index is -3.36. The minimum Gasteiger partial charge on any atom is -0.482 e. The van der Waals surface area contributed by atoms with Crippen LogP contribution in [-0.2, 0) is 19.5 Å². The summed E-state index contributed by atoms with van der Waals surface area (Å²) in [4.78, 5) is 10.4. The maximum atomic E-state index is 11.1. The first-order valence-electron chi connectivity index (χ1n) is 8.03. The van der Waals surface area contributed by atoms with Crippen LogP contribution in [0.5, 0.6) is 5.75 Å². The van der Waals surface area contributed by atoms with Crippen LogP contribution in [0.4, 0.5) is 0 Å². The van der Waals surface area contributed by atoms with Crippen LogP contribution >= 0.6 is 0 Å². The molecule has 3 N–H and O–H groups in total. The average Bonchev–Trinajstić information content (AvgIpc) is 2.90. The highest BCUT2D eigenvalue weighted by Gasteiger charge is 2.35. The third-order valence-corrected chi connectivity index (χ3v) is 3.55. The molecule has 1 aromatic rings. The normalized spacial score (nSPS) is 15.3. The zero-order valence-electron chi connectivity index (χ0n) is 15.1.